The first-order valence-corrected chi connectivity index (χ1v) is 6.59. The summed E-state index contributed by atoms with van der Waals surface area (Å²) in [5.74, 6) is 1.30. The SMILES string of the molecule is C[C@H](CN)Cc1cc(OCc2ccccc2)ccn1. The number of hydrogen-bond donors (Lipinski definition) is 1. The molecule has 3 heteroatoms. The highest BCUT2D eigenvalue weighted by molar-refractivity contribution is 5.24. The molecule has 0 radical (unpaired) electrons. The van der Waals surface area contributed by atoms with E-state index in [4.69, 9.17) is 10.5 Å². The highest BCUT2D eigenvalue weighted by atomic mass is 16.5. The first-order chi connectivity index (χ1) is 9.28. The summed E-state index contributed by atoms with van der Waals surface area (Å²) in [5, 5.41) is 0. The molecule has 0 bridgehead atoms. The fraction of sp³-hybridized carbons (Fsp3) is 0.312. The van der Waals surface area contributed by atoms with E-state index in [0.717, 1.165) is 23.4 Å². The quantitative estimate of drug-likeness (QED) is 0.864. The summed E-state index contributed by atoms with van der Waals surface area (Å²) in [6.07, 6.45) is 2.68. The van der Waals surface area contributed by atoms with Crippen LogP contribution in [0.4, 0.5) is 0 Å². The average molecular weight is 256 g/mol. The van der Waals surface area contributed by atoms with Crippen LogP contribution in [-0.2, 0) is 13.0 Å². The molecule has 0 fully saturated rings. The van der Waals surface area contributed by atoms with Gasteiger partial charge in [0.1, 0.15) is 12.4 Å². The van der Waals surface area contributed by atoms with E-state index < -0.39 is 0 Å². The van der Waals surface area contributed by atoms with Crippen molar-refractivity contribution in [3.63, 3.8) is 0 Å². The van der Waals surface area contributed by atoms with Crippen LogP contribution in [0.2, 0.25) is 0 Å². The molecule has 0 amide bonds. The van der Waals surface area contributed by atoms with Crippen molar-refractivity contribution in [3.05, 3.63) is 59.9 Å². The van der Waals surface area contributed by atoms with Crippen molar-refractivity contribution in [1.29, 1.82) is 0 Å². The largest absolute Gasteiger partial charge is 0.489 e. The Morgan fingerprint density at radius 3 is 2.74 bits per heavy atom. The Hall–Kier alpha value is -1.87. The molecule has 0 saturated heterocycles. The van der Waals surface area contributed by atoms with Gasteiger partial charge in [0.05, 0.1) is 0 Å². The zero-order chi connectivity index (χ0) is 13.5. The van der Waals surface area contributed by atoms with Gasteiger partial charge in [-0.25, -0.2) is 0 Å². The van der Waals surface area contributed by atoms with Crippen LogP contribution in [0.3, 0.4) is 0 Å². The molecule has 2 aromatic rings. The van der Waals surface area contributed by atoms with Crippen molar-refractivity contribution >= 4 is 0 Å². The molecule has 1 heterocycles. The van der Waals surface area contributed by atoms with Crippen molar-refractivity contribution in [2.24, 2.45) is 11.7 Å². The van der Waals surface area contributed by atoms with Crippen LogP contribution in [-0.4, -0.2) is 11.5 Å². The van der Waals surface area contributed by atoms with E-state index in [0.29, 0.717) is 19.1 Å². The molecule has 1 aromatic heterocycles. The molecule has 2 N–H and O–H groups in total. The van der Waals surface area contributed by atoms with Gasteiger partial charge in [-0.15, -0.1) is 0 Å². The number of pyridine rings is 1. The molecule has 0 aliphatic carbocycles. The van der Waals surface area contributed by atoms with Gasteiger partial charge in [0.25, 0.3) is 0 Å². The molecule has 0 saturated carbocycles. The van der Waals surface area contributed by atoms with Crippen LogP contribution >= 0.6 is 0 Å². The predicted octanol–water partition coefficient (Wildman–Crippen LogP) is 2.80. The van der Waals surface area contributed by atoms with Crippen molar-refractivity contribution in [2.45, 2.75) is 20.0 Å². The minimum absolute atomic E-state index is 0.442. The van der Waals surface area contributed by atoms with Crippen LogP contribution in [0.15, 0.2) is 48.7 Å². The Balaban J connectivity index is 1.95. The molecule has 2 rings (SSSR count). The molecule has 0 aliphatic heterocycles. The van der Waals surface area contributed by atoms with Gasteiger partial charge in [-0.05, 0) is 30.5 Å². The first-order valence-electron chi connectivity index (χ1n) is 6.59. The molecule has 100 valence electrons. The van der Waals surface area contributed by atoms with Crippen LogP contribution < -0.4 is 10.5 Å². The molecule has 0 unspecified atom stereocenters. The lowest BCUT2D eigenvalue weighted by atomic mass is 10.1. The van der Waals surface area contributed by atoms with E-state index in [1.54, 1.807) is 6.20 Å². The second-order valence-electron chi connectivity index (χ2n) is 4.80. The lowest BCUT2D eigenvalue weighted by Crippen LogP contribution is -2.13. The third-order valence-electron chi connectivity index (χ3n) is 3.00. The Morgan fingerprint density at radius 1 is 1.21 bits per heavy atom. The summed E-state index contributed by atoms with van der Waals surface area (Å²) in [7, 11) is 0. The van der Waals surface area contributed by atoms with Crippen molar-refractivity contribution in [2.75, 3.05) is 6.54 Å². The Morgan fingerprint density at radius 2 is 2.00 bits per heavy atom. The lowest BCUT2D eigenvalue weighted by molar-refractivity contribution is 0.305. The van der Waals surface area contributed by atoms with Crippen LogP contribution in [0.25, 0.3) is 0 Å². The standard InChI is InChI=1S/C16H20N2O/c1-13(11-17)9-15-10-16(7-8-18-15)19-12-14-5-3-2-4-6-14/h2-8,10,13H,9,11-12,17H2,1H3/t13-/m0/s1. The van der Waals surface area contributed by atoms with E-state index >= 15 is 0 Å². The summed E-state index contributed by atoms with van der Waals surface area (Å²) in [4.78, 5) is 4.35. The molecule has 19 heavy (non-hydrogen) atoms. The number of nitrogens with two attached hydrogens (primary N) is 1. The van der Waals surface area contributed by atoms with E-state index in [1.807, 2.05) is 30.3 Å². The Labute approximate surface area is 114 Å². The van der Waals surface area contributed by atoms with E-state index in [9.17, 15) is 0 Å². The van der Waals surface area contributed by atoms with E-state index in [2.05, 4.69) is 24.0 Å². The second kappa shape index (κ2) is 6.90. The number of aromatic nitrogens is 1. The van der Waals surface area contributed by atoms with Crippen molar-refractivity contribution < 1.29 is 4.74 Å². The van der Waals surface area contributed by atoms with Gasteiger partial charge in [-0.1, -0.05) is 37.3 Å². The summed E-state index contributed by atoms with van der Waals surface area (Å²) >= 11 is 0. The summed E-state index contributed by atoms with van der Waals surface area (Å²) < 4.78 is 5.78. The number of rotatable bonds is 6. The normalized spacial score (nSPS) is 12.1. The van der Waals surface area contributed by atoms with Gasteiger partial charge < -0.3 is 10.5 Å². The third kappa shape index (κ3) is 4.38. The highest BCUT2D eigenvalue weighted by Crippen LogP contribution is 2.15. The summed E-state index contributed by atoms with van der Waals surface area (Å²) in [5.41, 5.74) is 7.83. The zero-order valence-electron chi connectivity index (χ0n) is 11.3. The maximum Gasteiger partial charge on any atom is 0.123 e. The Kier molecular flexibility index (Phi) is 4.93. The van der Waals surface area contributed by atoms with Crippen LogP contribution in [0, 0.1) is 5.92 Å². The molecular weight excluding hydrogens is 236 g/mol. The summed E-state index contributed by atoms with van der Waals surface area (Å²) in [6, 6.07) is 14.0. The third-order valence-corrected chi connectivity index (χ3v) is 3.00. The molecule has 1 atom stereocenters. The molecule has 3 nitrogen and oxygen atoms in total. The minimum atomic E-state index is 0.442. The molecule has 0 aliphatic rings. The van der Waals surface area contributed by atoms with Crippen LogP contribution in [0.5, 0.6) is 5.75 Å². The molecule has 1 aromatic carbocycles. The van der Waals surface area contributed by atoms with Gasteiger partial charge in [-0.3, -0.25) is 4.98 Å². The van der Waals surface area contributed by atoms with E-state index in [1.165, 1.54) is 0 Å². The lowest BCUT2D eigenvalue weighted by Gasteiger charge is -2.10. The van der Waals surface area contributed by atoms with E-state index in [-0.39, 0.29) is 0 Å². The number of ether oxygens (including phenoxy) is 1. The van der Waals surface area contributed by atoms with Gasteiger partial charge in [0, 0.05) is 18.0 Å². The van der Waals surface area contributed by atoms with Crippen molar-refractivity contribution in [3.8, 4) is 5.75 Å². The zero-order valence-corrected chi connectivity index (χ0v) is 11.3. The monoisotopic (exact) mass is 256 g/mol. The number of nitrogens with zero attached hydrogens (tertiary/aromatic N) is 1. The number of hydrogen-bond acceptors (Lipinski definition) is 3. The maximum atomic E-state index is 5.78. The second-order valence-corrected chi connectivity index (χ2v) is 4.80. The maximum absolute atomic E-state index is 5.78. The molecular formula is C16H20N2O. The Bertz CT molecular complexity index is 499. The first kappa shape index (κ1) is 13.6. The topological polar surface area (TPSA) is 48.1 Å². The minimum Gasteiger partial charge on any atom is -0.489 e. The van der Waals surface area contributed by atoms with Gasteiger partial charge in [0.2, 0.25) is 0 Å². The fourth-order valence-corrected chi connectivity index (χ4v) is 1.84. The average Bonchev–Trinajstić information content (AvgIpc) is 2.46. The predicted molar refractivity (Wildman–Crippen MR) is 76.9 cm³/mol. The van der Waals surface area contributed by atoms with Gasteiger partial charge in [0.15, 0.2) is 0 Å². The summed E-state index contributed by atoms with van der Waals surface area (Å²) in [6.45, 7) is 3.38. The van der Waals surface area contributed by atoms with Gasteiger partial charge in [-0.2, -0.15) is 0 Å². The molecule has 0 spiro atoms. The smallest absolute Gasteiger partial charge is 0.123 e. The highest BCUT2D eigenvalue weighted by Gasteiger charge is 2.04. The van der Waals surface area contributed by atoms with Crippen molar-refractivity contribution in [1.82, 2.24) is 4.98 Å². The van der Waals surface area contributed by atoms with Gasteiger partial charge >= 0.3 is 0 Å². The number of benzene rings is 1. The van der Waals surface area contributed by atoms with Crippen LogP contribution in [0.1, 0.15) is 18.2 Å². The fourth-order valence-electron chi connectivity index (χ4n) is 1.84.